The number of carbonyl (C=O) groups excluding carboxylic acids is 1. The maximum absolute atomic E-state index is 12.1. The first-order valence-electron chi connectivity index (χ1n) is 7.20. The van der Waals surface area contributed by atoms with Crippen LogP contribution in [0.15, 0.2) is 24.3 Å². The molecule has 0 radical (unpaired) electrons. The molecular weight excluding hydrogens is 236 g/mol. The van der Waals surface area contributed by atoms with E-state index in [2.05, 4.69) is 49.2 Å². The Morgan fingerprint density at radius 3 is 2.79 bits per heavy atom. The van der Waals surface area contributed by atoms with E-state index in [4.69, 9.17) is 0 Å². The summed E-state index contributed by atoms with van der Waals surface area (Å²) in [6.45, 7) is 7.75. The van der Waals surface area contributed by atoms with Crippen LogP contribution in [0.2, 0.25) is 0 Å². The minimum atomic E-state index is 0.123. The van der Waals surface area contributed by atoms with E-state index in [0.29, 0.717) is 12.5 Å². The van der Waals surface area contributed by atoms with E-state index in [1.165, 1.54) is 11.3 Å². The van der Waals surface area contributed by atoms with Crippen molar-refractivity contribution in [2.45, 2.75) is 39.7 Å². The van der Waals surface area contributed by atoms with Gasteiger partial charge in [-0.15, -0.1) is 0 Å². The number of hydrogen-bond acceptors (Lipinski definition) is 2. The zero-order chi connectivity index (χ0) is 13.8. The predicted molar refractivity (Wildman–Crippen MR) is 79.4 cm³/mol. The van der Waals surface area contributed by atoms with Gasteiger partial charge in [-0.25, -0.2) is 0 Å². The summed E-state index contributed by atoms with van der Waals surface area (Å²) in [5.74, 6) is 0.593. The minimum absolute atomic E-state index is 0.123. The first-order valence-corrected chi connectivity index (χ1v) is 7.20. The molecule has 104 valence electrons. The van der Waals surface area contributed by atoms with Crippen LogP contribution in [0.1, 0.15) is 32.8 Å². The third-order valence-electron chi connectivity index (χ3n) is 3.93. The van der Waals surface area contributed by atoms with Crippen molar-refractivity contribution < 1.29 is 4.79 Å². The van der Waals surface area contributed by atoms with Gasteiger partial charge in [0.05, 0.1) is 6.54 Å². The van der Waals surface area contributed by atoms with Gasteiger partial charge >= 0.3 is 0 Å². The molecule has 3 heteroatoms. The number of nitrogens with zero attached hydrogens (tertiary/aromatic N) is 1. The Kier molecular flexibility index (Phi) is 4.46. The number of hydrogen-bond donors (Lipinski definition) is 1. The number of para-hydroxylation sites is 1. The monoisotopic (exact) mass is 260 g/mol. The van der Waals surface area contributed by atoms with Crippen molar-refractivity contribution in [1.82, 2.24) is 5.32 Å². The SMILES string of the molecule is CC(C)C(C)NC(=O)CN1CCCc2ccccc21. The molecule has 1 unspecified atom stereocenters. The third kappa shape index (κ3) is 3.49. The molecule has 0 bridgehead atoms. The molecule has 0 spiro atoms. The second-order valence-electron chi connectivity index (χ2n) is 5.75. The smallest absolute Gasteiger partial charge is 0.239 e. The topological polar surface area (TPSA) is 32.3 Å². The molecule has 0 aliphatic carbocycles. The molecule has 1 N–H and O–H groups in total. The van der Waals surface area contributed by atoms with Crippen LogP contribution in [0.25, 0.3) is 0 Å². The zero-order valence-electron chi connectivity index (χ0n) is 12.1. The molecule has 1 aliphatic rings. The third-order valence-corrected chi connectivity index (χ3v) is 3.93. The van der Waals surface area contributed by atoms with Crippen molar-refractivity contribution in [3.8, 4) is 0 Å². The van der Waals surface area contributed by atoms with Gasteiger partial charge in [0.2, 0.25) is 5.91 Å². The highest BCUT2D eigenvalue weighted by molar-refractivity contribution is 5.82. The summed E-state index contributed by atoms with van der Waals surface area (Å²) in [5, 5.41) is 3.08. The van der Waals surface area contributed by atoms with Crippen molar-refractivity contribution in [3.63, 3.8) is 0 Å². The average molecular weight is 260 g/mol. The quantitative estimate of drug-likeness (QED) is 0.902. The van der Waals surface area contributed by atoms with Gasteiger partial charge in [-0.3, -0.25) is 4.79 Å². The van der Waals surface area contributed by atoms with E-state index >= 15 is 0 Å². The molecule has 0 fully saturated rings. The van der Waals surface area contributed by atoms with Gasteiger partial charge in [0.15, 0.2) is 0 Å². The van der Waals surface area contributed by atoms with Crippen molar-refractivity contribution in [2.75, 3.05) is 18.0 Å². The first kappa shape index (κ1) is 13.9. The number of amides is 1. The molecule has 0 aromatic heterocycles. The molecule has 1 aliphatic heterocycles. The Bertz CT molecular complexity index is 442. The highest BCUT2D eigenvalue weighted by Crippen LogP contribution is 2.26. The molecule has 0 saturated heterocycles. The Balaban J connectivity index is 1.99. The number of carbonyl (C=O) groups is 1. The van der Waals surface area contributed by atoms with E-state index in [9.17, 15) is 4.79 Å². The van der Waals surface area contributed by atoms with Crippen LogP contribution < -0.4 is 10.2 Å². The van der Waals surface area contributed by atoms with Gasteiger partial charge < -0.3 is 10.2 Å². The van der Waals surface area contributed by atoms with Crippen LogP contribution in [-0.4, -0.2) is 25.0 Å². The Morgan fingerprint density at radius 1 is 1.32 bits per heavy atom. The van der Waals surface area contributed by atoms with Crippen molar-refractivity contribution in [2.24, 2.45) is 5.92 Å². The number of benzene rings is 1. The van der Waals surface area contributed by atoms with Gasteiger partial charge in [-0.2, -0.15) is 0 Å². The van der Waals surface area contributed by atoms with Crippen LogP contribution >= 0.6 is 0 Å². The molecule has 3 nitrogen and oxygen atoms in total. The summed E-state index contributed by atoms with van der Waals surface area (Å²) in [6.07, 6.45) is 2.25. The number of aryl methyl sites for hydroxylation is 1. The van der Waals surface area contributed by atoms with Crippen molar-refractivity contribution >= 4 is 11.6 Å². The van der Waals surface area contributed by atoms with Gasteiger partial charge in [0, 0.05) is 18.3 Å². The fourth-order valence-electron chi connectivity index (χ4n) is 2.42. The summed E-state index contributed by atoms with van der Waals surface area (Å²) in [6, 6.07) is 8.63. The molecule has 1 atom stereocenters. The number of anilines is 1. The van der Waals surface area contributed by atoms with Gasteiger partial charge in [0.1, 0.15) is 0 Å². The Labute approximate surface area is 116 Å². The van der Waals surface area contributed by atoms with E-state index in [1.807, 2.05) is 6.07 Å². The fourth-order valence-corrected chi connectivity index (χ4v) is 2.42. The van der Waals surface area contributed by atoms with Crippen LogP contribution in [-0.2, 0) is 11.2 Å². The van der Waals surface area contributed by atoms with E-state index in [1.54, 1.807) is 0 Å². The lowest BCUT2D eigenvalue weighted by molar-refractivity contribution is -0.120. The normalized spacial score (nSPS) is 16.1. The molecule has 1 amide bonds. The first-order chi connectivity index (χ1) is 9.08. The molecule has 1 aromatic rings. The zero-order valence-corrected chi connectivity index (χ0v) is 12.1. The van der Waals surface area contributed by atoms with Crippen molar-refractivity contribution in [3.05, 3.63) is 29.8 Å². The Hall–Kier alpha value is -1.51. The minimum Gasteiger partial charge on any atom is -0.362 e. The number of fused-ring (bicyclic) bond motifs is 1. The summed E-state index contributed by atoms with van der Waals surface area (Å²) >= 11 is 0. The summed E-state index contributed by atoms with van der Waals surface area (Å²) in [4.78, 5) is 14.3. The lowest BCUT2D eigenvalue weighted by Gasteiger charge is -2.31. The van der Waals surface area contributed by atoms with Gasteiger partial charge in [-0.05, 0) is 37.3 Å². The highest BCUT2D eigenvalue weighted by Gasteiger charge is 2.19. The lowest BCUT2D eigenvalue weighted by atomic mass is 10.0. The average Bonchev–Trinajstić information content (AvgIpc) is 2.39. The van der Waals surface area contributed by atoms with Crippen LogP contribution in [0.4, 0.5) is 5.69 Å². The molecule has 1 heterocycles. The molecule has 0 saturated carbocycles. The molecule has 1 aromatic carbocycles. The molecule has 19 heavy (non-hydrogen) atoms. The highest BCUT2D eigenvalue weighted by atomic mass is 16.2. The second-order valence-corrected chi connectivity index (χ2v) is 5.75. The fraction of sp³-hybridized carbons (Fsp3) is 0.562. The van der Waals surface area contributed by atoms with Crippen LogP contribution in [0.3, 0.4) is 0 Å². The number of nitrogens with one attached hydrogen (secondary N) is 1. The number of rotatable bonds is 4. The largest absolute Gasteiger partial charge is 0.362 e. The maximum atomic E-state index is 12.1. The van der Waals surface area contributed by atoms with Crippen LogP contribution in [0.5, 0.6) is 0 Å². The van der Waals surface area contributed by atoms with E-state index in [0.717, 1.165) is 19.4 Å². The Morgan fingerprint density at radius 2 is 2.05 bits per heavy atom. The summed E-state index contributed by atoms with van der Waals surface area (Å²) in [5.41, 5.74) is 2.58. The van der Waals surface area contributed by atoms with Crippen LogP contribution in [0, 0.1) is 5.92 Å². The second kappa shape index (κ2) is 6.09. The maximum Gasteiger partial charge on any atom is 0.239 e. The molecular formula is C16H24N2O. The van der Waals surface area contributed by atoms with E-state index in [-0.39, 0.29) is 11.9 Å². The standard InChI is InChI=1S/C16H24N2O/c1-12(2)13(3)17-16(19)11-18-10-6-8-14-7-4-5-9-15(14)18/h4-5,7,9,12-13H,6,8,10-11H2,1-3H3,(H,17,19). The predicted octanol–water partition coefficient (Wildman–Crippen LogP) is 2.60. The summed E-state index contributed by atoms with van der Waals surface area (Å²) < 4.78 is 0. The summed E-state index contributed by atoms with van der Waals surface area (Å²) in [7, 11) is 0. The lowest BCUT2D eigenvalue weighted by Crippen LogP contribution is -2.44. The van der Waals surface area contributed by atoms with E-state index < -0.39 is 0 Å². The molecule has 2 rings (SSSR count). The van der Waals surface area contributed by atoms with Gasteiger partial charge in [-0.1, -0.05) is 32.0 Å². The van der Waals surface area contributed by atoms with Crippen molar-refractivity contribution in [1.29, 1.82) is 0 Å². The van der Waals surface area contributed by atoms with Gasteiger partial charge in [0.25, 0.3) is 0 Å².